The third-order valence-corrected chi connectivity index (χ3v) is 4.90. The van der Waals surface area contributed by atoms with Crippen molar-refractivity contribution >= 4 is 23.6 Å². The summed E-state index contributed by atoms with van der Waals surface area (Å²) in [6.07, 6.45) is 0.236. The van der Waals surface area contributed by atoms with E-state index < -0.39 is 0 Å². The normalized spacial score (nSPS) is 17.8. The van der Waals surface area contributed by atoms with Crippen LogP contribution < -0.4 is 10.2 Å². The molecule has 1 aromatic carbocycles. The number of amides is 2. The number of quaternary nitrogens is 1. The Morgan fingerprint density at radius 1 is 1.43 bits per heavy atom. The molecule has 1 saturated heterocycles. The molecule has 1 aromatic rings. The summed E-state index contributed by atoms with van der Waals surface area (Å²) >= 11 is 1.40. The number of hydrogen-bond acceptors (Lipinski definition) is 3. The summed E-state index contributed by atoms with van der Waals surface area (Å²) in [5.41, 5.74) is 0.500. The fourth-order valence-electron chi connectivity index (χ4n) is 2.39. The van der Waals surface area contributed by atoms with Gasteiger partial charge in [-0.1, -0.05) is 18.2 Å². The van der Waals surface area contributed by atoms with Crippen LogP contribution in [-0.4, -0.2) is 56.2 Å². The molecule has 0 spiro atoms. The van der Waals surface area contributed by atoms with Crippen molar-refractivity contribution in [3.63, 3.8) is 0 Å². The first-order valence-electron chi connectivity index (χ1n) is 7.70. The molecule has 1 heterocycles. The first-order valence-corrected chi connectivity index (χ1v) is 8.75. The standard InChI is InChI=1S/C16H22FN3O2S/c1-19(2)10-8-18-14(21)7-9-20-15(22)11-23-16(20)12-5-3-4-6-13(12)17/h3-6,16H,7-11H2,1-2H3,(H,18,21)/p+1/t16-/m0/s1. The molecule has 126 valence electrons. The lowest BCUT2D eigenvalue weighted by Crippen LogP contribution is -3.06. The van der Waals surface area contributed by atoms with Crippen molar-refractivity contribution in [2.24, 2.45) is 0 Å². The monoisotopic (exact) mass is 340 g/mol. The Morgan fingerprint density at radius 2 is 2.17 bits per heavy atom. The van der Waals surface area contributed by atoms with Crippen LogP contribution in [0.5, 0.6) is 0 Å². The summed E-state index contributed by atoms with van der Waals surface area (Å²) in [7, 11) is 4.04. The van der Waals surface area contributed by atoms with E-state index in [1.165, 1.54) is 22.7 Å². The van der Waals surface area contributed by atoms with Crippen molar-refractivity contribution in [1.29, 1.82) is 0 Å². The van der Waals surface area contributed by atoms with E-state index in [0.29, 0.717) is 24.4 Å². The molecular weight excluding hydrogens is 317 g/mol. The minimum atomic E-state index is -0.345. The Morgan fingerprint density at radius 3 is 2.87 bits per heavy atom. The van der Waals surface area contributed by atoms with E-state index >= 15 is 0 Å². The molecule has 1 fully saturated rings. The highest BCUT2D eigenvalue weighted by Crippen LogP contribution is 2.39. The lowest BCUT2D eigenvalue weighted by Gasteiger charge is -2.24. The second-order valence-electron chi connectivity index (χ2n) is 5.83. The number of halogens is 1. The van der Waals surface area contributed by atoms with E-state index in [1.54, 1.807) is 23.1 Å². The number of likely N-dealkylation sites (N-methyl/N-ethyl adjacent to an activating group) is 1. The van der Waals surface area contributed by atoms with E-state index in [1.807, 2.05) is 14.1 Å². The fraction of sp³-hybridized carbons (Fsp3) is 0.500. The van der Waals surface area contributed by atoms with E-state index in [2.05, 4.69) is 5.32 Å². The van der Waals surface area contributed by atoms with Gasteiger partial charge in [-0.15, -0.1) is 11.8 Å². The van der Waals surface area contributed by atoms with Gasteiger partial charge in [-0.2, -0.15) is 0 Å². The van der Waals surface area contributed by atoms with Crippen LogP contribution in [0.3, 0.4) is 0 Å². The van der Waals surface area contributed by atoms with Crippen LogP contribution in [0, 0.1) is 5.82 Å². The molecule has 0 radical (unpaired) electrons. The van der Waals surface area contributed by atoms with Crippen LogP contribution in [-0.2, 0) is 9.59 Å². The van der Waals surface area contributed by atoms with Gasteiger partial charge < -0.3 is 15.1 Å². The van der Waals surface area contributed by atoms with Gasteiger partial charge in [-0.3, -0.25) is 9.59 Å². The number of hydrogen-bond donors (Lipinski definition) is 2. The number of thioether (sulfide) groups is 1. The fourth-order valence-corrected chi connectivity index (χ4v) is 3.63. The molecular formula is C16H23FN3O2S+. The maximum atomic E-state index is 14.0. The Balaban J connectivity index is 1.91. The molecule has 2 rings (SSSR count). The van der Waals surface area contributed by atoms with Gasteiger partial charge in [0.2, 0.25) is 11.8 Å². The Bertz CT molecular complexity index is 568. The zero-order valence-corrected chi connectivity index (χ0v) is 14.3. The maximum Gasteiger partial charge on any atom is 0.233 e. The smallest absolute Gasteiger partial charge is 0.233 e. The van der Waals surface area contributed by atoms with E-state index in [9.17, 15) is 14.0 Å². The summed E-state index contributed by atoms with van der Waals surface area (Å²) in [6, 6.07) is 6.48. The maximum absolute atomic E-state index is 14.0. The number of nitrogens with zero attached hydrogens (tertiary/aromatic N) is 1. The van der Waals surface area contributed by atoms with Crippen LogP contribution in [0.2, 0.25) is 0 Å². The average Bonchev–Trinajstić information content (AvgIpc) is 2.86. The van der Waals surface area contributed by atoms with Crippen LogP contribution in [0.15, 0.2) is 24.3 Å². The molecule has 1 aliphatic heterocycles. The van der Waals surface area contributed by atoms with Gasteiger partial charge in [-0.25, -0.2) is 4.39 Å². The summed E-state index contributed by atoms with van der Waals surface area (Å²) in [5, 5.41) is 2.50. The van der Waals surface area contributed by atoms with Crippen molar-refractivity contribution < 1.29 is 18.9 Å². The highest BCUT2D eigenvalue weighted by Gasteiger charge is 2.34. The average molecular weight is 340 g/mol. The van der Waals surface area contributed by atoms with Crippen LogP contribution in [0.25, 0.3) is 0 Å². The summed E-state index contributed by atoms with van der Waals surface area (Å²) in [4.78, 5) is 26.7. The Kier molecular flexibility index (Phi) is 6.41. The third kappa shape index (κ3) is 4.94. The Hall–Kier alpha value is -1.60. The first-order chi connectivity index (χ1) is 11.0. The molecule has 0 saturated carbocycles. The minimum Gasteiger partial charge on any atom is -0.350 e. The molecule has 1 atom stereocenters. The molecule has 2 amide bonds. The molecule has 0 unspecified atom stereocenters. The molecule has 0 aromatic heterocycles. The molecule has 1 aliphatic rings. The van der Waals surface area contributed by atoms with Gasteiger partial charge in [0, 0.05) is 18.5 Å². The van der Waals surface area contributed by atoms with Gasteiger partial charge in [0.25, 0.3) is 0 Å². The second kappa shape index (κ2) is 8.31. The number of nitrogens with one attached hydrogen (secondary N) is 2. The highest BCUT2D eigenvalue weighted by molar-refractivity contribution is 8.00. The first kappa shape index (κ1) is 17.7. The minimum absolute atomic E-state index is 0.0474. The van der Waals surface area contributed by atoms with Gasteiger partial charge in [0.15, 0.2) is 0 Å². The Labute approximate surface area is 140 Å². The lowest BCUT2D eigenvalue weighted by molar-refractivity contribution is -0.856. The van der Waals surface area contributed by atoms with E-state index in [-0.39, 0.29) is 29.4 Å². The third-order valence-electron chi connectivity index (χ3n) is 3.67. The number of carbonyl (C=O) groups is 2. The number of benzene rings is 1. The molecule has 7 heteroatoms. The van der Waals surface area contributed by atoms with E-state index in [0.717, 1.165) is 6.54 Å². The largest absolute Gasteiger partial charge is 0.350 e. The van der Waals surface area contributed by atoms with Crippen LogP contribution in [0.1, 0.15) is 17.4 Å². The van der Waals surface area contributed by atoms with Crippen molar-refractivity contribution in [2.45, 2.75) is 11.8 Å². The van der Waals surface area contributed by atoms with Crippen molar-refractivity contribution in [2.75, 3.05) is 39.5 Å². The summed E-state index contributed by atoms with van der Waals surface area (Å²) < 4.78 is 14.0. The van der Waals surface area contributed by atoms with Crippen molar-refractivity contribution in [1.82, 2.24) is 10.2 Å². The summed E-state index contributed by atoms with van der Waals surface area (Å²) in [5.74, 6) is -0.120. The second-order valence-corrected chi connectivity index (χ2v) is 6.90. The highest BCUT2D eigenvalue weighted by atomic mass is 32.2. The topological polar surface area (TPSA) is 53.9 Å². The van der Waals surface area contributed by atoms with Gasteiger partial charge in [-0.05, 0) is 6.07 Å². The molecule has 23 heavy (non-hydrogen) atoms. The van der Waals surface area contributed by atoms with Crippen molar-refractivity contribution in [3.8, 4) is 0 Å². The van der Waals surface area contributed by atoms with E-state index in [4.69, 9.17) is 0 Å². The zero-order valence-electron chi connectivity index (χ0n) is 13.5. The zero-order chi connectivity index (χ0) is 16.8. The van der Waals surface area contributed by atoms with Gasteiger partial charge in [0.1, 0.15) is 11.2 Å². The molecule has 2 N–H and O–H groups in total. The predicted molar refractivity (Wildman–Crippen MR) is 88.6 cm³/mol. The predicted octanol–water partition coefficient (Wildman–Crippen LogP) is 0.0505. The molecule has 0 aliphatic carbocycles. The number of rotatable bonds is 7. The quantitative estimate of drug-likeness (QED) is 0.738. The molecule has 5 nitrogen and oxygen atoms in total. The van der Waals surface area contributed by atoms with Crippen LogP contribution >= 0.6 is 11.8 Å². The SMILES string of the molecule is C[NH+](C)CCNC(=O)CCN1C(=O)CS[C@H]1c1ccccc1F. The molecule has 0 bridgehead atoms. The summed E-state index contributed by atoms with van der Waals surface area (Å²) in [6.45, 7) is 1.77. The lowest BCUT2D eigenvalue weighted by atomic mass is 10.2. The van der Waals surface area contributed by atoms with Gasteiger partial charge >= 0.3 is 0 Å². The van der Waals surface area contributed by atoms with Crippen molar-refractivity contribution in [3.05, 3.63) is 35.6 Å². The van der Waals surface area contributed by atoms with Crippen LogP contribution in [0.4, 0.5) is 4.39 Å². The van der Waals surface area contributed by atoms with Gasteiger partial charge in [0.05, 0.1) is 32.9 Å². The number of carbonyl (C=O) groups excluding carboxylic acids is 2.